The Morgan fingerprint density at radius 3 is 2.79 bits per heavy atom. The van der Waals surface area contributed by atoms with Crippen LogP contribution < -0.4 is 10.2 Å². The predicted octanol–water partition coefficient (Wildman–Crippen LogP) is 2.46. The van der Waals surface area contributed by atoms with Gasteiger partial charge in [-0.05, 0) is 31.4 Å². The number of rotatable bonds is 5. The molecule has 0 radical (unpaired) electrons. The van der Waals surface area contributed by atoms with Crippen molar-refractivity contribution in [1.29, 1.82) is 0 Å². The molecule has 0 spiro atoms. The van der Waals surface area contributed by atoms with Crippen LogP contribution in [0.15, 0.2) is 22.8 Å². The van der Waals surface area contributed by atoms with Gasteiger partial charge in [0.05, 0.1) is 18.5 Å². The van der Waals surface area contributed by atoms with Crippen LogP contribution in [0.4, 0.5) is 5.13 Å². The Labute approximate surface area is 175 Å². The van der Waals surface area contributed by atoms with Gasteiger partial charge in [0.15, 0.2) is 5.13 Å². The normalized spacial score (nSPS) is 19.3. The van der Waals surface area contributed by atoms with Gasteiger partial charge < -0.3 is 19.5 Å². The summed E-state index contributed by atoms with van der Waals surface area (Å²) in [6, 6.07) is 3.69. The summed E-state index contributed by atoms with van der Waals surface area (Å²) in [5, 5.41) is 4.01. The van der Waals surface area contributed by atoms with Crippen LogP contribution in [0.1, 0.15) is 36.6 Å². The number of carbonyl (C=O) groups is 2. The highest BCUT2D eigenvalue weighted by Gasteiger charge is 2.30. The Bertz CT molecular complexity index is 853. The molecule has 4 rings (SSSR count). The molecule has 1 aliphatic heterocycles. The van der Waals surface area contributed by atoms with Gasteiger partial charge in [0.2, 0.25) is 11.8 Å². The van der Waals surface area contributed by atoms with Gasteiger partial charge in [0.1, 0.15) is 5.76 Å². The molecule has 0 unspecified atom stereocenters. The van der Waals surface area contributed by atoms with Crippen molar-refractivity contribution in [2.45, 2.75) is 39.7 Å². The smallest absolute Gasteiger partial charge is 0.225 e. The minimum atomic E-state index is -0.00808. The number of furan rings is 1. The third kappa shape index (κ3) is 4.47. The minimum Gasteiger partial charge on any atom is -0.467 e. The highest BCUT2D eigenvalue weighted by Crippen LogP contribution is 2.34. The molecule has 156 valence electrons. The fourth-order valence-corrected chi connectivity index (χ4v) is 5.17. The summed E-state index contributed by atoms with van der Waals surface area (Å²) in [5.41, 5.74) is 1.14. The number of aryl methyl sites for hydroxylation is 1. The topological polar surface area (TPSA) is 78.7 Å². The summed E-state index contributed by atoms with van der Waals surface area (Å²) in [6.45, 7) is 7.46. The summed E-state index contributed by atoms with van der Waals surface area (Å²) in [6.07, 6.45) is 4.04. The highest BCUT2D eigenvalue weighted by molar-refractivity contribution is 7.15. The van der Waals surface area contributed by atoms with Crippen molar-refractivity contribution >= 4 is 28.3 Å². The second-order valence-electron chi connectivity index (χ2n) is 8.07. The zero-order valence-electron chi connectivity index (χ0n) is 17.0. The van der Waals surface area contributed by atoms with E-state index in [1.807, 2.05) is 30.9 Å². The van der Waals surface area contributed by atoms with Crippen molar-refractivity contribution in [2.24, 2.45) is 11.8 Å². The number of thiazole rings is 1. The molecule has 0 aromatic carbocycles. The number of hydrogen-bond acceptors (Lipinski definition) is 6. The van der Waals surface area contributed by atoms with Crippen molar-refractivity contribution in [3.05, 3.63) is 34.7 Å². The molecule has 3 heterocycles. The lowest BCUT2D eigenvalue weighted by molar-refractivity contribution is -0.134. The molecule has 29 heavy (non-hydrogen) atoms. The molecule has 1 N–H and O–H groups in total. The van der Waals surface area contributed by atoms with Crippen LogP contribution in [0.2, 0.25) is 0 Å². The number of anilines is 1. The Morgan fingerprint density at radius 2 is 2.10 bits per heavy atom. The van der Waals surface area contributed by atoms with Crippen LogP contribution in [-0.4, -0.2) is 47.9 Å². The standard InChI is InChI=1S/C21H28N4O3S/c1-14(2)20(27)24-7-9-25(10-8-24)21-23-17-6-5-15(12-18(17)29-21)19(26)22-13-16-4-3-11-28-16/h3-4,11,14-15H,5-10,12-13H2,1-2H3,(H,22,26)/t15-/m1/s1. The lowest BCUT2D eigenvalue weighted by Gasteiger charge is -2.35. The molecule has 8 heteroatoms. The van der Waals surface area contributed by atoms with Crippen molar-refractivity contribution in [3.8, 4) is 0 Å². The summed E-state index contributed by atoms with van der Waals surface area (Å²) < 4.78 is 5.28. The molecule has 2 aromatic heterocycles. The molecule has 0 saturated carbocycles. The largest absolute Gasteiger partial charge is 0.467 e. The van der Waals surface area contributed by atoms with Gasteiger partial charge >= 0.3 is 0 Å². The van der Waals surface area contributed by atoms with Crippen molar-refractivity contribution in [3.63, 3.8) is 0 Å². The first-order valence-electron chi connectivity index (χ1n) is 10.3. The molecule has 1 aliphatic carbocycles. The van der Waals surface area contributed by atoms with Crippen LogP contribution in [-0.2, 0) is 29.0 Å². The average Bonchev–Trinajstić information content (AvgIpc) is 3.40. The Hall–Kier alpha value is -2.35. The Kier molecular flexibility index (Phi) is 5.89. The van der Waals surface area contributed by atoms with Gasteiger partial charge in [0, 0.05) is 42.9 Å². The summed E-state index contributed by atoms with van der Waals surface area (Å²) in [4.78, 5) is 35.0. The first-order valence-corrected chi connectivity index (χ1v) is 11.2. The van der Waals surface area contributed by atoms with Crippen molar-refractivity contribution < 1.29 is 14.0 Å². The maximum atomic E-state index is 12.6. The Morgan fingerprint density at radius 1 is 1.31 bits per heavy atom. The van der Waals surface area contributed by atoms with E-state index in [-0.39, 0.29) is 23.7 Å². The maximum Gasteiger partial charge on any atom is 0.225 e. The molecular formula is C21H28N4O3S. The molecule has 2 aliphatic rings. The van der Waals surface area contributed by atoms with Crippen molar-refractivity contribution in [2.75, 3.05) is 31.1 Å². The van der Waals surface area contributed by atoms with E-state index >= 15 is 0 Å². The van der Waals surface area contributed by atoms with E-state index in [2.05, 4.69) is 10.2 Å². The van der Waals surface area contributed by atoms with Gasteiger partial charge in [0.25, 0.3) is 0 Å². The zero-order chi connectivity index (χ0) is 20.4. The van der Waals surface area contributed by atoms with Crippen LogP contribution in [0.25, 0.3) is 0 Å². The predicted molar refractivity (Wildman–Crippen MR) is 112 cm³/mol. The molecule has 2 amide bonds. The van der Waals surface area contributed by atoms with E-state index < -0.39 is 0 Å². The first kappa shape index (κ1) is 19.9. The van der Waals surface area contributed by atoms with E-state index in [1.54, 1.807) is 17.6 Å². The quantitative estimate of drug-likeness (QED) is 0.810. The Balaban J connectivity index is 1.33. The van der Waals surface area contributed by atoms with Gasteiger partial charge in [-0.1, -0.05) is 13.8 Å². The number of hydrogen-bond donors (Lipinski definition) is 1. The van der Waals surface area contributed by atoms with Crippen LogP contribution >= 0.6 is 11.3 Å². The first-order chi connectivity index (χ1) is 14.0. The molecule has 1 atom stereocenters. The second kappa shape index (κ2) is 8.57. The van der Waals surface area contributed by atoms with Gasteiger partial charge in [-0.25, -0.2) is 4.98 Å². The fraction of sp³-hybridized carbons (Fsp3) is 0.571. The molecule has 1 fully saturated rings. The van der Waals surface area contributed by atoms with Gasteiger partial charge in [-0.3, -0.25) is 9.59 Å². The van der Waals surface area contributed by atoms with E-state index in [1.165, 1.54) is 4.88 Å². The third-order valence-electron chi connectivity index (χ3n) is 5.67. The minimum absolute atomic E-state index is 0.00808. The van der Waals surface area contributed by atoms with Gasteiger partial charge in [-0.15, -0.1) is 11.3 Å². The van der Waals surface area contributed by atoms with E-state index in [0.717, 1.165) is 62.0 Å². The maximum absolute atomic E-state index is 12.6. The lowest BCUT2D eigenvalue weighted by Crippen LogP contribution is -2.49. The molecule has 2 aromatic rings. The van der Waals surface area contributed by atoms with Crippen LogP contribution in [0.5, 0.6) is 0 Å². The number of carbonyl (C=O) groups excluding carboxylic acids is 2. The van der Waals surface area contributed by atoms with E-state index in [9.17, 15) is 9.59 Å². The monoisotopic (exact) mass is 416 g/mol. The van der Waals surface area contributed by atoms with Crippen LogP contribution in [0.3, 0.4) is 0 Å². The molecule has 0 bridgehead atoms. The molecule has 1 saturated heterocycles. The number of fused-ring (bicyclic) bond motifs is 1. The number of aromatic nitrogens is 1. The second-order valence-corrected chi connectivity index (χ2v) is 9.13. The SMILES string of the molecule is CC(C)C(=O)N1CCN(c2nc3c(s2)C[C@H](C(=O)NCc2ccco2)CC3)CC1. The highest BCUT2D eigenvalue weighted by atomic mass is 32.1. The van der Waals surface area contributed by atoms with E-state index in [0.29, 0.717) is 6.54 Å². The summed E-state index contributed by atoms with van der Waals surface area (Å²) in [7, 11) is 0. The number of amides is 2. The lowest BCUT2D eigenvalue weighted by atomic mass is 9.90. The zero-order valence-corrected chi connectivity index (χ0v) is 17.8. The number of piperazine rings is 1. The molecule has 7 nitrogen and oxygen atoms in total. The number of nitrogens with one attached hydrogen (secondary N) is 1. The van der Waals surface area contributed by atoms with Gasteiger partial charge in [-0.2, -0.15) is 0 Å². The van der Waals surface area contributed by atoms with Crippen LogP contribution in [0, 0.1) is 11.8 Å². The average molecular weight is 417 g/mol. The summed E-state index contributed by atoms with van der Waals surface area (Å²) >= 11 is 1.71. The van der Waals surface area contributed by atoms with E-state index in [4.69, 9.17) is 9.40 Å². The van der Waals surface area contributed by atoms with Crippen molar-refractivity contribution in [1.82, 2.24) is 15.2 Å². The number of nitrogens with zero attached hydrogens (tertiary/aromatic N) is 3. The molecular weight excluding hydrogens is 388 g/mol. The third-order valence-corrected chi connectivity index (χ3v) is 6.85. The fourth-order valence-electron chi connectivity index (χ4n) is 3.94. The summed E-state index contributed by atoms with van der Waals surface area (Å²) in [5.74, 6) is 1.12.